The Bertz CT molecular complexity index is 770. The number of carbonyl (C=O) groups is 1. The van der Waals surface area contributed by atoms with Crippen LogP contribution < -0.4 is 0 Å². The van der Waals surface area contributed by atoms with Gasteiger partial charge in [-0.05, 0) is 35.4 Å². The fourth-order valence-corrected chi connectivity index (χ4v) is 3.02. The highest BCUT2D eigenvalue weighted by molar-refractivity contribution is 6.33. The van der Waals surface area contributed by atoms with E-state index in [-0.39, 0.29) is 15.9 Å². The minimum absolute atomic E-state index is 0.163. The van der Waals surface area contributed by atoms with Gasteiger partial charge in [-0.1, -0.05) is 40.9 Å². The lowest BCUT2D eigenvalue weighted by molar-refractivity contribution is -0.113. The summed E-state index contributed by atoms with van der Waals surface area (Å²) in [4.78, 5) is 17.4. The van der Waals surface area contributed by atoms with Gasteiger partial charge in [-0.3, -0.25) is 4.79 Å². The molecule has 2 aromatic rings. The number of likely N-dealkylation sites (tertiary alicyclic amines) is 1. The molecule has 1 aromatic carbocycles. The summed E-state index contributed by atoms with van der Waals surface area (Å²) in [7, 11) is 0. The van der Waals surface area contributed by atoms with Gasteiger partial charge in [0.25, 0.3) is 11.8 Å². The van der Waals surface area contributed by atoms with E-state index in [0.717, 1.165) is 4.90 Å². The summed E-state index contributed by atoms with van der Waals surface area (Å²) in [5.74, 6) is -3.35. The molecule has 1 aromatic heterocycles. The van der Waals surface area contributed by atoms with Crippen LogP contribution in [0.5, 0.6) is 0 Å². The summed E-state index contributed by atoms with van der Waals surface area (Å²) in [6, 6.07) is 7.74. The number of nitrogens with zero attached hydrogens (tertiary/aromatic N) is 2. The molecule has 1 aliphatic heterocycles. The molecule has 0 saturated carbocycles. The molecule has 2 heterocycles. The van der Waals surface area contributed by atoms with Crippen molar-refractivity contribution in [2.24, 2.45) is 0 Å². The van der Waals surface area contributed by atoms with Crippen LogP contribution in [0, 0.1) is 0 Å². The monoisotopic (exact) mass is 376 g/mol. The Balaban J connectivity index is 2.03. The fraction of sp³-hybridized carbons (Fsp3) is 0.200. The van der Waals surface area contributed by atoms with E-state index in [0.29, 0.717) is 16.1 Å². The van der Waals surface area contributed by atoms with Crippen LogP contribution in [0.2, 0.25) is 15.3 Å². The Morgan fingerprint density at radius 1 is 1.09 bits per heavy atom. The summed E-state index contributed by atoms with van der Waals surface area (Å²) in [6.45, 7) is -1.20. The molecule has 8 heteroatoms. The Morgan fingerprint density at radius 3 is 2.26 bits per heavy atom. The van der Waals surface area contributed by atoms with E-state index in [1.54, 1.807) is 12.1 Å². The number of benzene rings is 1. The topological polar surface area (TPSA) is 33.2 Å². The first-order valence-electron chi connectivity index (χ1n) is 6.55. The Kier molecular flexibility index (Phi) is 4.21. The van der Waals surface area contributed by atoms with Crippen LogP contribution in [0.3, 0.4) is 0 Å². The van der Waals surface area contributed by atoms with Gasteiger partial charge in [0, 0.05) is 10.6 Å². The third-order valence-electron chi connectivity index (χ3n) is 3.42. The van der Waals surface area contributed by atoms with Gasteiger partial charge in [-0.25, -0.2) is 13.8 Å². The van der Waals surface area contributed by atoms with Crippen LogP contribution in [0.25, 0.3) is 11.1 Å². The number of halogens is 5. The van der Waals surface area contributed by atoms with Gasteiger partial charge in [0.15, 0.2) is 0 Å². The van der Waals surface area contributed by atoms with Crippen LogP contribution in [0.15, 0.2) is 30.3 Å². The largest absolute Gasteiger partial charge is 0.326 e. The van der Waals surface area contributed by atoms with E-state index in [2.05, 4.69) is 4.98 Å². The maximum atomic E-state index is 13.0. The van der Waals surface area contributed by atoms with Crippen molar-refractivity contribution in [3.05, 3.63) is 51.2 Å². The summed E-state index contributed by atoms with van der Waals surface area (Å²) >= 11 is 17.7. The van der Waals surface area contributed by atoms with Crippen LogP contribution in [-0.4, -0.2) is 34.8 Å². The van der Waals surface area contributed by atoms with E-state index in [9.17, 15) is 13.6 Å². The highest BCUT2D eigenvalue weighted by Gasteiger charge is 2.46. The fourth-order valence-electron chi connectivity index (χ4n) is 2.39. The molecule has 0 bridgehead atoms. The van der Waals surface area contributed by atoms with Crippen LogP contribution in [-0.2, 0) is 0 Å². The number of amides is 1. The lowest BCUT2D eigenvalue weighted by Gasteiger charge is -2.39. The molecule has 0 aliphatic carbocycles. The number of hydrogen-bond donors (Lipinski definition) is 0. The summed E-state index contributed by atoms with van der Waals surface area (Å²) in [5, 5.41) is 0.656. The van der Waals surface area contributed by atoms with Crippen molar-refractivity contribution in [1.29, 1.82) is 0 Å². The highest BCUT2D eigenvalue weighted by atomic mass is 35.5. The van der Waals surface area contributed by atoms with E-state index in [4.69, 9.17) is 34.8 Å². The standard InChI is InChI=1S/C15H9Cl3F2N2O/c16-9-1-2-10(8-3-12(17)21-13(18)4-8)11(5-9)14(23)22-6-15(19,20)7-22/h1-5H,6-7H2. The van der Waals surface area contributed by atoms with Gasteiger partial charge in [0.2, 0.25) is 0 Å². The van der Waals surface area contributed by atoms with Crippen LogP contribution in [0.1, 0.15) is 10.4 Å². The van der Waals surface area contributed by atoms with Gasteiger partial charge in [0.1, 0.15) is 10.3 Å². The molecule has 1 amide bonds. The summed E-state index contributed by atoms with van der Waals surface area (Å²) in [5.41, 5.74) is 1.27. The number of hydrogen-bond acceptors (Lipinski definition) is 2. The zero-order chi connectivity index (χ0) is 16.8. The first-order chi connectivity index (χ1) is 10.7. The summed E-state index contributed by atoms with van der Waals surface area (Å²) in [6.07, 6.45) is 0. The van der Waals surface area contributed by atoms with Gasteiger partial charge in [0.05, 0.1) is 13.1 Å². The molecule has 1 fully saturated rings. The lowest BCUT2D eigenvalue weighted by Crippen LogP contribution is -2.58. The lowest BCUT2D eigenvalue weighted by atomic mass is 9.98. The minimum atomic E-state index is -2.84. The van der Waals surface area contributed by atoms with Crippen molar-refractivity contribution in [3.8, 4) is 11.1 Å². The number of rotatable bonds is 2. The molecule has 1 saturated heterocycles. The predicted octanol–water partition coefficient (Wildman–Crippen LogP) is 4.80. The second kappa shape index (κ2) is 5.89. The Morgan fingerprint density at radius 2 is 1.70 bits per heavy atom. The molecule has 0 unspecified atom stereocenters. The van der Waals surface area contributed by atoms with Gasteiger partial charge in [-0.15, -0.1) is 0 Å². The number of carbonyl (C=O) groups excluding carboxylic acids is 1. The SMILES string of the molecule is O=C(c1cc(Cl)ccc1-c1cc(Cl)nc(Cl)c1)N1CC(F)(F)C1. The zero-order valence-electron chi connectivity index (χ0n) is 11.5. The average molecular weight is 378 g/mol. The summed E-state index contributed by atoms with van der Waals surface area (Å²) < 4.78 is 26.0. The molecule has 23 heavy (non-hydrogen) atoms. The van der Waals surface area contributed by atoms with Gasteiger partial charge in [-0.2, -0.15) is 0 Å². The first kappa shape index (κ1) is 16.4. The van der Waals surface area contributed by atoms with E-state index < -0.39 is 24.9 Å². The molecule has 3 rings (SSSR count). The quantitative estimate of drug-likeness (QED) is 0.704. The second-order valence-electron chi connectivity index (χ2n) is 5.21. The molecule has 0 N–H and O–H groups in total. The molecule has 0 spiro atoms. The molecule has 1 aliphatic rings. The van der Waals surface area contributed by atoms with Crippen molar-refractivity contribution in [1.82, 2.24) is 9.88 Å². The molecule has 120 valence electrons. The maximum Gasteiger partial charge on any atom is 0.282 e. The normalized spacial score (nSPS) is 16.1. The van der Waals surface area contributed by atoms with Crippen molar-refractivity contribution in [2.45, 2.75) is 5.92 Å². The van der Waals surface area contributed by atoms with Crippen LogP contribution in [0.4, 0.5) is 8.78 Å². The average Bonchev–Trinajstić information content (AvgIpc) is 2.42. The number of aromatic nitrogens is 1. The Hall–Kier alpha value is -1.43. The minimum Gasteiger partial charge on any atom is -0.326 e. The van der Waals surface area contributed by atoms with Crippen molar-refractivity contribution in [3.63, 3.8) is 0 Å². The van der Waals surface area contributed by atoms with E-state index >= 15 is 0 Å². The maximum absolute atomic E-state index is 13.0. The van der Waals surface area contributed by atoms with Gasteiger partial charge < -0.3 is 4.90 Å². The highest BCUT2D eigenvalue weighted by Crippen LogP contribution is 2.33. The molecular weight excluding hydrogens is 369 g/mol. The second-order valence-corrected chi connectivity index (χ2v) is 6.42. The number of pyridine rings is 1. The Labute approximate surface area is 145 Å². The van der Waals surface area contributed by atoms with Crippen molar-refractivity contribution < 1.29 is 13.6 Å². The first-order valence-corrected chi connectivity index (χ1v) is 7.69. The number of alkyl halides is 2. The van der Waals surface area contributed by atoms with Gasteiger partial charge >= 0.3 is 0 Å². The molecular formula is C15H9Cl3F2N2O. The third-order valence-corrected chi connectivity index (χ3v) is 4.04. The third kappa shape index (κ3) is 3.42. The smallest absolute Gasteiger partial charge is 0.282 e. The van der Waals surface area contributed by atoms with E-state index in [1.807, 2.05) is 0 Å². The van der Waals surface area contributed by atoms with Crippen LogP contribution >= 0.6 is 34.8 Å². The zero-order valence-corrected chi connectivity index (χ0v) is 13.8. The van der Waals surface area contributed by atoms with Crippen molar-refractivity contribution >= 4 is 40.7 Å². The molecule has 0 radical (unpaired) electrons. The van der Waals surface area contributed by atoms with Crippen molar-refractivity contribution in [2.75, 3.05) is 13.1 Å². The predicted molar refractivity (Wildman–Crippen MR) is 85.6 cm³/mol. The molecule has 0 atom stereocenters. The molecule has 3 nitrogen and oxygen atoms in total. The van der Waals surface area contributed by atoms with E-state index in [1.165, 1.54) is 18.2 Å².